The summed E-state index contributed by atoms with van der Waals surface area (Å²) in [5, 5.41) is 23.2. The SMILES string of the molecule is N=C(OC(=N)c1ccc(-n2c3ccc(-c4ccccc4)cc3c3cc(-c4ccc5c(c4)c4c(n5-c5ccc6c(c5)c5cc(-c7ccccc7)ccc5n6-c5ccccc5)CCC(c5ccccc5)=C4)ccc32)cc1)c1ccccc1. The Bertz CT molecular complexity index is 4780. The van der Waals surface area contributed by atoms with Crippen molar-refractivity contribution in [2.75, 3.05) is 0 Å². The molecule has 11 aromatic carbocycles. The molecule has 80 heavy (non-hydrogen) atoms. The molecule has 0 saturated heterocycles. The summed E-state index contributed by atoms with van der Waals surface area (Å²) in [5.74, 6) is -0.132. The van der Waals surface area contributed by atoms with Gasteiger partial charge in [0.15, 0.2) is 0 Å². The van der Waals surface area contributed by atoms with Crippen molar-refractivity contribution in [3.8, 4) is 50.4 Å². The van der Waals surface area contributed by atoms with Crippen LogP contribution in [0.2, 0.25) is 0 Å². The molecular weight excluding hydrogens is 975 g/mol. The molecule has 3 aromatic heterocycles. The smallest absolute Gasteiger partial charge is 0.221 e. The van der Waals surface area contributed by atoms with Crippen LogP contribution in [0.15, 0.2) is 267 Å². The second-order valence-electron chi connectivity index (χ2n) is 20.8. The fourth-order valence-electron chi connectivity index (χ4n) is 12.3. The van der Waals surface area contributed by atoms with E-state index in [0.717, 1.165) is 74.0 Å². The predicted molar refractivity (Wildman–Crippen MR) is 332 cm³/mol. The first-order valence-electron chi connectivity index (χ1n) is 27.3. The van der Waals surface area contributed by atoms with Gasteiger partial charge >= 0.3 is 0 Å². The number of hydrogen-bond donors (Lipinski definition) is 2. The molecule has 6 heteroatoms. The van der Waals surface area contributed by atoms with Gasteiger partial charge in [0.2, 0.25) is 11.8 Å². The van der Waals surface area contributed by atoms with Gasteiger partial charge in [-0.2, -0.15) is 0 Å². The number of aromatic nitrogens is 3. The van der Waals surface area contributed by atoms with Gasteiger partial charge in [-0.25, -0.2) is 0 Å². The van der Waals surface area contributed by atoms with Crippen molar-refractivity contribution < 1.29 is 4.74 Å². The van der Waals surface area contributed by atoms with Crippen LogP contribution >= 0.6 is 0 Å². The molecule has 1 aliphatic rings. The molecular formula is C74H51N5O. The second kappa shape index (κ2) is 19.2. The summed E-state index contributed by atoms with van der Waals surface area (Å²) in [6.07, 6.45) is 4.31. The van der Waals surface area contributed by atoms with E-state index in [4.69, 9.17) is 15.6 Å². The third kappa shape index (κ3) is 7.96. The highest BCUT2D eigenvalue weighted by Gasteiger charge is 2.25. The molecule has 3 heterocycles. The first-order chi connectivity index (χ1) is 39.5. The fraction of sp³-hybridized carbons (Fsp3) is 0.0270. The van der Waals surface area contributed by atoms with Crippen molar-refractivity contribution >= 4 is 78.0 Å². The first-order valence-corrected chi connectivity index (χ1v) is 27.3. The molecule has 378 valence electrons. The highest BCUT2D eigenvalue weighted by atomic mass is 16.5. The maximum absolute atomic E-state index is 8.76. The Morgan fingerprint density at radius 3 is 1.19 bits per heavy atom. The summed E-state index contributed by atoms with van der Waals surface area (Å²) in [6.45, 7) is 0. The minimum Gasteiger partial charge on any atom is -0.421 e. The Morgan fingerprint density at radius 1 is 0.300 bits per heavy atom. The Labute approximate surface area is 463 Å². The van der Waals surface area contributed by atoms with Gasteiger partial charge in [-0.3, -0.25) is 10.8 Å². The monoisotopic (exact) mass is 1030 g/mol. The molecule has 1 aliphatic carbocycles. The first kappa shape index (κ1) is 46.7. The zero-order valence-corrected chi connectivity index (χ0v) is 43.6. The predicted octanol–water partition coefficient (Wildman–Crippen LogP) is 18.7. The summed E-state index contributed by atoms with van der Waals surface area (Å²) in [4.78, 5) is 0. The average Bonchev–Trinajstić information content (AvgIpc) is 4.21. The van der Waals surface area contributed by atoms with Crippen molar-refractivity contribution in [2.24, 2.45) is 0 Å². The Hall–Kier alpha value is -10.6. The molecule has 0 atom stereocenters. The number of nitrogens with zero attached hydrogens (tertiary/aromatic N) is 3. The molecule has 0 unspecified atom stereocenters. The van der Waals surface area contributed by atoms with Gasteiger partial charge in [-0.05, 0) is 179 Å². The highest BCUT2D eigenvalue weighted by molar-refractivity contribution is 6.14. The molecule has 0 bridgehead atoms. The zero-order valence-electron chi connectivity index (χ0n) is 43.6. The van der Waals surface area contributed by atoms with E-state index < -0.39 is 0 Å². The number of hydrogen-bond acceptors (Lipinski definition) is 3. The Balaban J connectivity index is 0.881. The molecule has 14 aromatic rings. The van der Waals surface area contributed by atoms with Crippen LogP contribution in [0, 0.1) is 10.8 Å². The molecule has 0 radical (unpaired) electrons. The normalized spacial score (nSPS) is 12.3. The lowest BCUT2D eigenvalue weighted by atomic mass is 9.90. The Kier molecular flexibility index (Phi) is 11.2. The molecule has 0 fully saturated rings. The quantitative estimate of drug-likeness (QED) is 0.110. The van der Waals surface area contributed by atoms with Gasteiger partial charge in [0, 0.05) is 66.4 Å². The number of rotatable bonds is 9. The Morgan fingerprint density at radius 2 is 0.675 bits per heavy atom. The van der Waals surface area contributed by atoms with Gasteiger partial charge < -0.3 is 18.4 Å². The van der Waals surface area contributed by atoms with Gasteiger partial charge in [-0.1, -0.05) is 152 Å². The lowest BCUT2D eigenvalue weighted by Crippen LogP contribution is -2.13. The van der Waals surface area contributed by atoms with E-state index in [2.05, 4.69) is 232 Å². The molecule has 2 N–H and O–H groups in total. The van der Waals surface area contributed by atoms with Crippen LogP contribution in [0.1, 0.15) is 34.4 Å². The van der Waals surface area contributed by atoms with Gasteiger partial charge in [0.1, 0.15) is 0 Å². The van der Waals surface area contributed by atoms with Crippen LogP contribution < -0.4 is 0 Å². The second-order valence-corrected chi connectivity index (χ2v) is 20.8. The van der Waals surface area contributed by atoms with Crippen molar-refractivity contribution in [3.63, 3.8) is 0 Å². The standard InChI is InChI=1S/C74H51N5O/c75-73(51-22-12-4-13-23-51)80-74(76)52-26-33-59(34-27-52)78-67-36-28-53(48-16-6-1-7-17-48)42-61(67)63-45-56(31-39-68(63)78)57-32-40-71-64(46-57)62-43-54(49-18-8-2-9-19-49)30-38-70(62)79(71)60-35-41-72-66(47-60)65-44-55(50-20-10-3-11-21-50)29-37-69(65)77(72)58-24-14-5-15-25-58/h1-29,31-37,39-47,75-76H,30,38H2. The van der Waals surface area contributed by atoms with Gasteiger partial charge in [0.05, 0.1) is 27.6 Å². The molecule has 0 spiro atoms. The number of ether oxygens (including phenoxy) is 1. The third-order valence-corrected chi connectivity index (χ3v) is 16.2. The number of para-hydroxylation sites is 1. The van der Waals surface area contributed by atoms with E-state index in [0.29, 0.717) is 11.1 Å². The lowest BCUT2D eigenvalue weighted by Gasteiger charge is -2.18. The minimum atomic E-state index is -0.0732. The van der Waals surface area contributed by atoms with Crippen molar-refractivity contribution in [1.82, 2.24) is 13.7 Å². The van der Waals surface area contributed by atoms with E-state index in [-0.39, 0.29) is 11.8 Å². The molecule has 15 rings (SSSR count). The van der Waals surface area contributed by atoms with E-state index >= 15 is 0 Å². The van der Waals surface area contributed by atoms with E-state index in [1.54, 1.807) is 0 Å². The van der Waals surface area contributed by atoms with E-state index in [1.807, 2.05) is 54.6 Å². The molecule has 0 amide bonds. The van der Waals surface area contributed by atoms with Gasteiger partial charge in [-0.15, -0.1) is 0 Å². The molecule has 0 saturated carbocycles. The summed E-state index contributed by atoms with van der Waals surface area (Å²) in [7, 11) is 0. The molecule has 0 aliphatic heterocycles. The zero-order chi connectivity index (χ0) is 53.3. The number of fused-ring (bicyclic) bond motifs is 9. The summed E-state index contributed by atoms with van der Waals surface area (Å²) in [5.41, 5.74) is 22.4. The fourth-order valence-corrected chi connectivity index (χ4v) is 12.3. The van der Waals surface area contributed by atoms with Crippen LogP contribution in [-0.2, 0) is 11.2 Å². The van der Waals surface area contributed by atoms with Crippen LogP contribution in [0.25, 0.3) is 117 Å². The van der Waals surface area contributed by atoms with Crippen LogP contribution in [0.3, 0.4) is 0 Å². The van der Waals surface area contributed by atoms with Crippen molar-refractivity contribution in [3.05, 3.63) is 295 Å². The number of benzene rings is 11. The number of allylic oxidation sites excluding steroid dienone is 1. The van der Waals surface area contributed by atoms with Crippen LogP contribution in [-0.4, -0.2) is 25.5 Å². The third-order valence-electron chi connectivity index (χ3n) is 16.2. The van der Waals surface area contributed by atoms with Crippen molar-refractivity contribution in [1.29, 1.82) is 10.8 Å². The minimum absolute atomic E-state index is 0.0587. The van der Waals surface area contributed by atoms with E-state index in [1.165, 1.54) is 66.2 Å². The molecule has 6 nitrogen and oxygen atoms in total. The van der Waals surface area contributed by atoms with Crippen LogP contribution in [0.5, 0.6) is 0 Å². The summed E-state index contributed by atoms with van der Waals surface area (Å²) < 4.78 is 13.0. The topological polar surface area (TPSA) is 71.7 Å². The highest BCUT2D eigenvalue weighted by Crippen LogP contribution is 2.44. The van der Waals surface area contributed by atoms with E-state index in [9.17, 15) is 0 Å². The summed E-state index contributed by atoms with van der Waals surface area (Å²) in [6, 6.07) is 94.7. The largest absolute Gasteiger partial charge is 0.421 e. The van der Waals surface area contributed by atoms with Gasteiger partial charge in [0.25, 0.3) is 0 Å². The lowest BCUT2D eigenvalue weighted by molar-refractivity contribution is 0.538. The van der Waals surface area contributed by atoms with Crippen molar-refractivity contribution in [2.45, 2.75) is 12.8 Å². The van der Waals surface area contributed by atoms with Crippen LogP contribution in [0.4, 0.5) is 0 Å². The maximum atomic E-state index is 8.76. The number of nitrogens with one attached hydrogen (secondary N) is 2. The average molecular weight is 1030 g/mol. The maximum Gasteiger partial charge on any atom is 0.221 e. The summed E-state index contributed by atoms with van der Waals surface area (Å²) >= 11 is 0.